The van der Waals surface area contributed by atoms with Crippen molar-refractivity contribution in [2.24, 2.45) is 5.92 Å². The Morgan fingerprint density at radius 2 is 2.16 bits per heavy atom. The van der Waals surface area contributed by atoms with E-state index in [2.05, 4.69) is 60.2 Å². The van der Waals surface area contributed by atoms with Crippen LogP contribution in [0.5, 0.6) is 0 Å². The number of rotatable bonds is 2. The Kier molecular flexibility index (Phi) is 4.15. The maximum Gasteiger partial charge on any atom is 0.0417 e. The number of nitrogens with zero attached hydrogens (tertiary/aromatic N) is 1. The number of hydrogen-bond donors (Lipinski definition) is 1. The molecule has 1 aromatic carbocycles. The summed E-state index contributed by atoms with van der Waals surface area (Å²) in [6.45, 7) is 4.83. The third kappa shape index (κ3) is 2.99. The Balaban J connectivity index is 1.71. The topological polar surface area (TPSA) is 15.3 Å². The molecule has 0 aromatic heterocycles. The zero-order valence-corrected chi connectivity index (χ0v) is 12.7. The fourth-order valence-electron chi connectivity index (χ4n) is 3.38. The molecular formula is C16H24N2S. The summed E-state index contributed by atoms with van der Waals surface area (Å²) >= 11 is 2.06. The minimum atomic E-state index is 0.547. The lowest BCUT2D eigenvalue weighted by molar-refractivity contribution is 0.168. The number of hydrogen-bond acceptors (Lipinski definition) is 3. The van der Waals surface area contributed by atoms with Gasteiger partial charge in [0.25, 0.3) is 0 Å². The van der Waals surface area contributed by atoms with E-state index < -0.39 is 0 Å². The molecule has 1 saturated heterocycles. The first kappa shape index (κ1) is 13.5. The van der Waals surface area contributed by atoms with Crippen molar-refractivity contribution in [2.45, 2.75) is 31.2 Å². The number of nitrogens with one attached hydrogen (secondary N) is 1. The molecule has 3 rings (SSSR count). The molecule has 0 saturated carbocycles. The first-order valence-corrected chi connectivity index (χ1v) is 8.49. The molecule has 3 unspecified atom stereocenters. The third-order valence-electron chi connectivity index (χ3n) is 4.50. The molecule has 19 heavy (non-hydrogen) atoms. The van der Waals surface area contributed by atoms with Crippen LogP contribution >= 0.6 is 11.8 Å². The monoisotopic (exact) mass is 276 g/mol. The van der Waals surface area contributed by atoms with Gasteiger partial charge in [0.1, 0.15) is 0 Å². The van der Waals surface area contributed by atoms with Crippen LogP contribution in [-0.2, 0) is 5.75 Å². The highest BCUT2D eigenvalue weighted by molar-refractivity contribution is 7.98. The number of piperidine rings is 1. The van der Waals surface area contributed by atoms with E-state index >= 15 is 0 Å². The van der Waals surface area contributed by atoms with E-state index in [4.69, 9.17) is 0 Å². The molecule has 104 valence electrons. The van der Waals surface area contributed by atoms with Crippen LogP contribution in [0.4, 0.5) is 0 Å². The number of likely N-dealkylation sites (tertiary alicyclic amines) is 1. The summed E-state index contributed by atoms with van der Waals surface area (Å²) in [5.74, 6) is 3.14. The highest BCUT2D eigenvalue weighted by atomic mass is 32.2. The van der Waals surface area contributed by atoms with Gasteiger partial charge in [-0.05, 0) is 37.1 Å². The second kappa shape index (κ2) is 5.86. The van der Waals surface area contributed by atoms with Gasteiger partial charge in [-0.2, -0.15) is 11.8 Å². The predicted octanol–water partition coefficient (Wildman–Crippen LogP) is 2.90. The van der Waals surface area contributed by atoms with Crippen LogP contribution in [0, 0.1) is 5.92 Å². The largest absolute Gasteiger partial charge is 0.306 e. The van der Waals surface area contributed by atoms with E-state index in [0.29, 0.717) is 12.1 Å². The maximum atomic E-state index is 3.94. The molecule has 1 N–H and O–H groups in total. The lowest BCUT2D eigenvalue weighted by atomic mass is 9.92. The molecule has 1 aromatic rings. The fraction of sp³-hybridized carbons (Fsp3) is 0.625. The van der Waals surface area contributed by atoms with Crippen molar-refractivity contribution in [2.75, 3.05) is 25.9 Å². The van der Waals surface area contributed by atoms with Crippen molar-refractivity contribution >= 4 is 11.8 Å². The Morgan fingerprint density at radius 3 is 3.00 bits per heavy atom. The minimum Gasteiger partial charge on any atom is -0.306 e. The van der Waals surface area contributed by atoms with Gasteiger partial charge < -0.3 is 10.2 Å². The second-order valence-electron chi connectivity index (χ2n) is 6.07. The Labute approximate surface area is 121 Å². The molecule has 0 bridgehead atoms. The van der Waals surface area contributed by atoms with Crippen molar-refractivity contribution in [1.29, 1.82) is 0 Å². The average Bonchev–Trinajstić information content (AvgIpc) is 2.42. The van der Waals surface area contributed by atoms with Crippen molar-refractivity contribution in [3.05, 3.63) is 35.4 Å². The van der Waals surface area contributed by atoms with Crippen LogP contribution in [0.2, 0.25) is 0 Å². The van der Waals surface area contributed by atoms with Crippen molar-refractivity contribution in [3.63, 3.8) is 0 Å². The molecule has 3 atom stereocenters. The zero-order chi connectivity index (χ0) is 13.2. The van der Waals surface area contributed by atoms with Gasteiger partial charge in [0.2, 0.25) is 0 Å². The fourth-order valence-corrected chi connectivity index (χ4v) is 4.49. The lowest BCUT2D eigenvalue weighted by Crippen LogP contribution is -2.48. The summed E-state index contributed by atoms with van der Waals surface area (Å²) in [6.07, 6.45) is 1.28. The maximum absolute atomic E-state index is 3.94. The SMILES string of the molecule is CC1CN(C)CCC1NC1CSCc2ccccc21. The summed E-state index contributed by atoms with van der Waals surface area (Å²) in [4.78, 5) is 2.45. The lowest BCUT2D eigenvalue weighted by Gasteiger charge is -2.38. The highest BCUT2D eigenvalue weighted by Gasteiger charge is 2.28. The smallest absolute Gasteiger partial charge is 0.0417 e. The summed E-state index contributed by atoms with van der Waals surface area (Å²) in [7, 11) is 2.23. The van der Waals surface area contributed by atoms with Crippen molar-refractivity contribution in [1.82, 2.24) is 10.2 Å². The molecule has 3 heteroatoms. The summed E-state index contributed by atoms with van der Waals surface area (Å²) < 4.78 is 0. The second-order valence-corrected chi connectivity index (χ2v) is 7.10. The molecule has 2 heterocycles. The van der Waals surface area contributed by atoms with Gasteiger partial charge in [-0.1, -0.05) is 31.2 Å². The van der Waals surface area contributed by atoms with E-state index in [-0.39, 0.29) is 0 Å². The standard InChI is InChI=1S/C16H24N2S/c1-12-9-18(2)8-7-15(12)17-16-11-19-10-13-5-3-4-6-14(13)16/h3-6,12,15-17H,7-11H2,1-2H3. The third-order valence-corrected chi connectivity index (χ3v) is 5.58. The predicted molar refractivity (Wildman–Crippen MR) is 83.5 cm³/mol. The quantitative estimate of drug-likeness (QED) is 0.894. The van der Waals surface area contributed by atoms with Crippen LogP contribution in [-0.4, -0.2) is 36.8 Å². The van der Waals surface area contributed by atoms with E-state index in [9.17, 15) is 0 Å². The highest BCUT2D eigenvalue weighted by Crippen LogP contribution is 2.32. The van der Waals surface area contributed by atoms with E-state index in [1.54, 1.807) is 0 Å². The first-order chi connectivity index (χ1) is 9.24. The van der Waals surface area contributed by atoms with Crippen LogP contribution in [0.15, 0.2) is 24.3 Å². The van der Waals surface area contributed by atoms with Gasteiger partial charge in [-0.3, -0.25) is 0 Å². The number of fused-ring (bicyclic) bond motifs is 1. The summed E-state index contributed by atoms with van der Waals surface area (Å²) in [5, 5.41) is 3.94. The van der Waals surface area contributed by atoms with Gasteiger partial charge in [0.15, 0.2) is 0 Å². The van der Waals surface area contributed by atoms with Gasteiger partial charge in [-0.25, -0.2) is 0 Å². The molecule has 0 spiro atoms. The van der Waals surface area contributed by atoms with E-state index in [1.807, 2.05) is 0 Å². The van der Waals surface area contributed by atoms with Gasteiger partial charge >= 0.3 is 0 Å². The zero-order valence-electron chi connectivity index (χ0n) is 11.9. The molecule has 0 radical (unpaired) electrons. The van der Waals surface area contributed by atoms with Crippen LogP contribution < -0.4 is 5.32 Å². The normalized spacial score (nSPS) is 32.0. The molecule has 2 aliphatic rings. The Hall–Kier alpha value is -0.510. The van der Waals surface area contributed by atoms with Gasteiger partial charge in [0.05, 0.1) is 0 Å². The first-order valence-electron chi connectivity index (χ1n) is 7.34. The molecular weight excluding hydrogens is 252 g/mol. The summed E-state index contributed by atoms with van der Waals surface area (Å²) in [6, 6.07) is 10.2. The van der Waals surface area contributed by atoms with Crippen LogP contribution in [0.3, 0.4) is 0 Å². The minimum absolute atomic E-state index is 0.547. The van der Waals surface area contributed by atoms with Crippen molar-refractivity contribution in [3.8, 4) is 0 Å². The Morgan fingerprint density at radius 1 is 1.32 bits per heavy atom. The Bertz CT molecular complexity index is 435. The molecule has 0 aliphatic carbocycles. The van der Waals surface area contributed by atoms with E-state index in [0.717, 1.165) is 5.92 Å². The molecule has 0 amide bonds. The number of benzene rings is 1. The van der Waals surface area contributed by atoms with Gasteiger partial charge in [0, 0.05) is 30.1 Å². The molecule has 2 nitrogen and oxygen atoms in total. The van der Waals surface area contributed by atoms with Crippen LogP contribution in [0.25, 0.3) is 0 Å². The van der Waals surface area contributed by atoms with Gasteiger partial charge in [-0.15, -0.1) is 0 Å². The molecule has 1 fully saturated rings. The molecule has 2 aliphatic heterocycles. The number of thioether (sulfide) groups is 1. The van der Waals surface area contributed by atoms with Crippen LogP contribution in [0.1, 0.15) is 30.5 Å². The van der Waals surface area contributed by atoms with E-state index in [1.165, 1.54) is 42.1 Å². The van der Waals surface area contributed by atoms with Crippen molar-refractivity contribution < 1.29 is 0 Å². The average molecular weight is 276 g/mol. The summed E-state index contributed by atoms with van der Waals surface area (Å²) in [5.41, 5.74) is 3.06.